The lowest BCUT2D eigenvalue weighted by Gasteiger charge is -2.24. The molecule has 0 fully saturated rings. The highest BCUT2D eigenvalue weighted by Gasteiger charge is 2.34. The van der Waals surface area contributed by atoms with E-state index in [1.165, 1.54) is 20.9 Å². The first-order valence-electron chi connectivity index (χ1n) is 5.65. The number of ether oxygens (including phenoxy) is 1. The van der Waals surface area contributed by atoms with E-state index in [2.05, 4.69) is 15.3 Å². The van der Waals surface area contributed by atoms with Gasteiger partial charge in [-0.3, -0.25) is 9.63 Å². The van der Waals surface area contributed by atoms with Gasteiger partial charge in [-0.2, -0.15) is 0 Å². The molecular formula is C11H18F2N2O4. The molecule has 19 heavy (non-hydrogen) atoms. The molecule has 0 unspecified atom stereocenters. The van der Waals surface area contributed by atoms with Gasteiger partial charge in [0.15, 0.2) is 0 Å². The third kappa shape index (κ3) is 6.12. The molecule has 0 saturated carbocycles. The van der Waals surface area contributed by atoms with E-state index in [0.29, 0.717) is 0 Å². The van der Waals surface area contributed by atoms with Crippen molar-refractivity contribution in [3.63, 3.8) is 0 Å². The maximum Gasteiger partial charge on any atom is 0.433 e. The molecule has 0 heterocycles. The molecule has 0 bridgehead atoms. The Morgan fingerprint density at radius 2 is 1.95 bits per heavy atom. The summed E-state index contributed by atoms with van der Waals surface area (Å²) in [6.07, 6.45) is -3.74. The number of esters is 1. The molecule has 0 atom stereocenters. The summed E-state index contributed by atoms with van der Waals surface area (Å²) in [7, 11) is 1.27. The van der Waals surface area contributed by atoms with Crippen LogP contribution in [0.15, 0.2) is 5.16 Å². The Labute approximate surface area is 110 Å². The van der Waals surface area contributed by atoms with Gasteiger partial charge in [0, 0.05) is 18.9 Å². The second kappa shape index (κ2) is 7.65. The van der Waals surface area contributed by atoms with Crippen LogP contribution in [0.5, 0.6) is 0 Å². The maximum absolute atomic E-state index is 12.9. The molecule has 0 aromatic rings. The lowest BCUT2D eigenvalue weighted by atomic mass is 9.88. The molecule has 0 spiro atoms. The van der Waals surface area contributed by atoms with Gasteiger partial charge in [0.05, 0.1) is 0 Å². The van der Waals surface area contributed by atoms with Crippen LogP contribution in [0.2, 0.25) is 0 Å². The first-order chi connectivity index (χ1) is 8.74. The summed E-state index contributed by atoms with van der Waals surface area (Å²) in [5.41, 5.74) is -1.91. The van der Waals surface area contributed by atoms with Crippen LogP contribution in [-0.4, -0.2) is 37.9 Å². The first kappa shape index (κ1) is 17.3. The Hall–Kier alpha value is -1.73. The van der Waals surface area contributed by atoms with Crippen molar-refractivity contribution in [3.05, 3.63) is 0 Å². The molecule has 0 saturated heterocycles. The molecule has 110 valence electrons. The standard InChI is InChI=1S/C11H18F2N2O4/c1-5-7(16)18-6-11(2,3)8(9(12)13)15-19-10(17)14-4/h9H,5-6H2,1-4H3,(H,14,17). The Balaban J connectivity index is 4.84. The van der Waals surface area contributed by atoms with Crippen molar-refractivity contribution >= 4 is 17.8 Å². The Morgan fingerprint density at radius 3 is 2.37 bits per heavy atom. The van der Waals surface area contributed by atoms with Gasteiger partial charge in [-0.15, -0.1) is 0 Å². The maximum atomic E-state index is 12.9. The average Bonchev–Trinajstić information content (AvgIpc) is 2.35. The molecule has 1 N–H and O–H groups in total. The third-order valence-electron chi connectivity index (χ3n) is 2.21. The number of nitrogens with one attached hydrogen (secondary N) is 1. The number of carbonyl (C=O) groups excluding carboxylic acids is 2. The minimum absolute atomic E-state index is 0.145. The second-order valence-corrected chi connectivity index (χ2v) is 4.30. The normalized spacial score (nSPS) is 12.3. The SMILES string of the molecule is CCC(=O)OCC(C)(C)C(=NOC(=O)NC)C(F)F. The molecule has 1 amide bonds. The lowest BCUT2D eigenvalue weighted by Crippen LogP contribution is -2.36. The summed E-state index contributed by atoms with van der Waals surface area (Å²) < 4.78 is 30.6. The molecule has 6 nitrogen and oxygen atoms in total. The number of hydrogen-bond acceptors (Lipinski definition) is 5. The van der Waals surface area contributed by atoms with Crippen molar-refractivity contribution in [1.82, 2.24) is 5.32 Å². The molecule has 0 aliphatic carbocycles. The zero-order valence-electron chi connectivity index (χ0n) is 11.3. The predicted octanol–water partition coefficient (Wildman–Crippen LogP) is 1.94. The van der Waals surface area contributed by atoms with E-state index >= 15 is 0 Å². The van der Waals surface area contributed by atoms with Gasteiger partial charge in [0.1, 0.15) is 12.3 Å². The monoisotopic (exact) mass is 280 g/mol. The quantitative estimate of drug-likeness (QED) is 0.349. The summed E-state index contributed by atoms with van der Waals surface area (Å²) >= 11 is 0. The van der Waals surface area contributed by atoms with Crippen molar-refractivity contribution in [3.8, 4) is 0 Å². The summed E-state index contributed by atoms with van der Waals surface area (Å²) in [5, 5.41) is 5.20. The average molecular weight is 280 g/mol. The van der Waals surface area contributed by atoms with Crippen LogP contribution < -0.4 is 5.32 Å². The molecule has 0 aromatic heterocycles. The predicted molar refractivity (Wildman–Crippen MR) is 64.0 cm³/mol. The van der Waals surface area contributed by atoms with Crippen LogP contribution in [0.25, 0.3) is 0 Å². The molecule has 0 radical (unpaired) electrons. The molecule has 8 heteroatoms. The van der Waals surface area contributed by atoms with E-state index in [4.69, 9.17) is 4.74 Å². The van der Waals surface area contributed by atoms with E-state index in [9.17, 15) is 18.4 Å². The minimum Gasteiger partial charge on any atom is -0.465 e. The molecule has 0 aliphatic heterocycles. The van der Waals surface area contributed by atoms with Crippen molar-refractivity contribution < 1.29 is 27.9 Å². The van der Waals surface area contributed by atoms with Gasteiger partial charge in [-0.05, 0) is 0 Å². The highest BCUT2D eigenvalue weighted by Crippen LogP contribution is 2.23. The van der Waals surface area contributed by atoms with E-state index in [-0.39, 0.29) is 13.0 Å². The van der Waals surface area contributed by atoms with Crippen LogP contribution in [-0.2, 0) is 14.4 Å². The highest BCUT2D eigenvalue weighted by atomic mass is 19.3. The fourth-order valence-electron chi connectivity index (χ4n) is 1.03. The first-order valence-corrected chi connectivity index (χ1v) is 5.65. The second-order valence-electron chi connectivity index (χ2n) is 4.30. The summed E-state index contributed by atoms with van der Waals surface area (Å²) in [6.45, 7) is 4.13. The Kier molecular flexibility index (Phi) is 6.95. The van der Waals surface area contributed by atoms with Gasteiger partial charge in [0.25, 0.3) is 6.43 Å². The molecule has 0 rings (SSSR count). The topological polar surface area (TPSA) is 77.0 Å². The van der Waals surface area contributed by atoms with Crippen LogP contribution in [0.1, 0.15) is 27.2 Å². The lowest BCUT2D eigenvalue weighted by molar-refractivity contribution is -0.145. The minimum atomic E-state index is -2.93. The third-order valence-corrected chi connectivity index (χ3v) is 2.21. The number of alkyl halides is 2. The summed E-state index contributed by atoms with van der Waals surface area (Å²) in [4.78, 5) is 26.1. The van der Waals surface area contributed by atoms with Crippen molar-refractivity contribution in [1.29, 1.82) is 0 Å². The zero-order chi connectivity index (χ0) is 15.1. The van der Waals surface area contributed by atoms with Crippen molar-refractivity contribution in [2.75, 3.05) is 13.7 Å². The molecular weight excluding hydrogens is 262 g/mol. The van der Waals surface area contributed by atoms with Gasteiger partial charge in [0.2, 0.25) is 0 Å². The van der Waals surface area contributed by atoms with Gasteiger partial charge >= 0.3 is 12.1 Å². The van der Waals surface area contributed by atoms with E-state index in [1.807, 2.05) is 0 Å². The molecule has 0 aliphatic rings. The van der Waals surface area contributed by atoms with Crippen molar-refractivity contribution in [2.45, 2.75) is 33.6 Å². The largest absolute Gasteiger partial charge is 0.465 e. The van der Waals surface area contributed by atoms with Crippen LogP contribution in [0.3, 0.4) is 0 Å². The fourth-order valence-corrected chi connectivity index (χ4v) is 1.03. The number of amides is 1. The number of oxime groups is 1. The molecule has 0 aromatic carbocycles. The van der Waals surface area contributed by atoms with Crippen LogP contribution >= 0.6 is 0 Å². The van der Waals surface area contributed by atoms with Gasteiger partial charge in [-0.1, -0.05) is 25.9 Å². The number of nitrogens with zero attached hydrogens (tertiary/aromatic N) is 1. The number of rotatable bonds is 6. The summed E-state index contributed by atoms with van der Waals surface area (Å²) in [5.74, 6) is -0.506. The smallest absolute Gasteiger partial charge is 0.433 e. The van der Waals surface area contributed by atoms with E-state index < -0.39 is 29.6 Å². The summed E-state index contributed by atoms with van der Waals surface area (Å²) in [6, 6.07) is 0. The van der Waals surface area contributed by atoms with Crippen LogP contribution in [0, 0.1) is 5.41 Å². The Morgan fingerprint density at radius 1 is 1.37 bits per heavy atom. The number of halogens is 2. The van der Waals surface area contributed by atoms with Crippen LogP contribution in [0.4, 0.5) is 13.6 Å². The fraction of sp³-hybridized carbons (Fsp3) is 0.727. The zero-order valence-corrected chi connectivity index (χ0v) is 11.3. The van der Waals surface area contributed by atoms with Crippen molar-refractivity contribution in [2.24, 2.45) is 10.6 Å². The number of carbonyl (C=O) groups is 2. The van der Waals surface area contributed by atoms with E-state index in [0.717, 1.165) is 0 Å². The Bertz CT molecular complexity index is 357. The number of hydrogen-bond donors (Lipinski definition) is 1. The highest BCUT2D eigenvalue weighted by molar-refractivity contribution is 5.92. The van der Waals surface area contributed by atoms with Gasteiger partial charge < -0.3 is 10.1 Å². The van der Waals surface area contributed by atoms with Gasteiger partial charge in [-0.25, -0.2) is 13.6 Å². The van der Waals surface area contributed by atoms with E-state index in [1.54, 1.807) is 6.92 Å².